The molecule has 146 valence electrons. The van der Waals surface area contributed by atoms with E-state index in [0.717, 1.165) is 17.0 Å². The third-order valence-electron chi connectivity index (χ3n) is 5.07. The molecule has 0 saturated heterocycles. The van der Waals surface area contributed by atoms with Crippen molar-refractivity contribution in [1.29, 1.82) is 0 Å². The van der Waals surface area contributed by atoms with E-state index in [1.807, 2.05) is 22.9 Å². The van der Waals surface area contributed by atoms with Crippen molar-refractivity contribution in [3.8, 4) is 10.6 Å². The van der Waals surface area contributed by atoms with Gasteiger partial charge in [-0.25, -0.2) is 0 Å². The summed E-state index contributed by atoms with van der Waals surface area (Å²) in [6, 6.07) is 12.4. The number of hydrogen-bond donors (Lipinski definition) is 1. The quantitative estimate of drug-likeness (QED) is 0.487. The van der Waals surface area contributed by atoms with Crippen LogP contribution in [0.2, 0.25) is 0 Å². The van der Waals surface area contributed by atoms with Crippen LogP contribution in [0.3, 0.4) is 0 Å². The highest BCUT2D eigenvalue weighted by Crippen LogP contribution is 2.34. The summed E-state index contributed by atoms with van der Waals surface area (Å²) < 4.78 is 5.68. The molecule has 1 atom stereocenters. The molecule has 1 aromatic carbocycles. The van der Waals surface area contributed by atoms with Gasteiger partial charge in [0.15, 0.2) is 0 Å². The maximum absolute atomic E-state index is 12.8. The first-order chi connectivity index (χ1) is 14.2. The number of benzene rings is 1. The highest BCUT2D eigenvalue weighted by Gasteiger charge is 2.28. The zero-order valence-electron chi connectivity index (χ0n) is 15.7. The van der Waals surface area contributed by atoms with Crippen LogP contribution in [0.5, 0.6) is 0 Å². The molecule has 8 heteroatoms. The minimum atomic E-state index is -0.234. The number of anilines is 2. The van der Waals surface area contributed by atoms with E-state index in [4.69, 9.17) is 4.42 Å². The maximum atomic E-state index is 12.8. The van der Waals surface area contributed by atoms with Crippen LogP contribution in [0.15, 0.2) is 57.8 Å². The maximum Gasteiger partial charge on any atom is 0.261 e. The number of para-hydroxylation sites is 1. The monoisotopic (exact) mass is 422 g/mol. The Morgan fingerprint density at radius 1 is 1.28 bits per heavy atom. The molecule has 0 saturated carbocycles. The number of carbonyl (C=O) groups excluding carboxylic acids is 1. The van der Waals surface area contributed by atoms with Gasteiger partial charge in [0.25, 0.3) is 5.91 Å². The van der Waals surface area contributed by atoms with Crippen molar-refractivity contribution in [2.24, 2.45) is 0 Å². The third-order valence-corrected chi connectivity index (χ3v) is 6.64. The summed E-state index contributed by atoms with van der Waals surface area (Å²) in [5, 5.41) is 16.4. The van der Waals surface area contributed by atoms with Gasteiger partial charge in [-0.3, -0.25) is 10.1 Å². The number of nitrogens with zero attached hydrogens (tertiary/aromatic N) is 3. The molecule has 0 bridgehead atoms. The third kappa shape index (κ3) is 3.45. The summed E-state index contributed by atoms with van der Waals surface area (Å²) in [5.41, 5.74) is 4.06. The van der Waals surface area contributed by atoms with Gasteiger partial charge in [0.05, 0.1) is 18.4 Å². The SMILES string of the molecule is CC1Cc2ccccc2N1Cc1occc1C(=O)Nc1nnc(-c2ccsc2)s1. The van der Waals surface area contributed by atoms with E-state index in [1.54, 1.807) is 23.7 Å². The van der Waals surface area contributed by atoms with Crippen LogP contribution in [0.4, 0.5) is 10.8 Å². The van der Waals surface area contributed by atoms with E-state index >= 15 is 0 Å². The van der Waals surface area contributed by atoms with Crippen molar-refractivity contribution >= 4 is 39.4 Å². The summed E-state index contributed by atoms with van der Waals surface area (Å²) in [5.74, 6) is 0.413. The van der Waals surface area contributed by atoms with E-state index in [0.29, 0.717) is 29.0 Å². The Morgan fingerprint density at radius 2 is 2.17 bits per heavy atom. The van der Waals surface area contributed by atoms with Gasteiger partial charge >= 0.3 is 0 Å². The van der Waals surface area contributed by atoms with Crippen LogP contribution in [0.1, 0.15) is 28.6 Å². The fraction of sp³-hybridized carbons (Fsp3) is 0.190. The van der Waals surface area contributed by atoms with Gasteiger partial charge in [-0.2, -0.15) is 11.3 Å². The van der Waals surface area contributed by atoms with Gasteiger partial charge in [-0.05, 0) is 42.5 Å². The number of fused-ring (bicyclic) bond motifs is 1. The molecule has 1 aliphatic heterocycles. The highest BCUT2D eigenvalue weighted by atomic mass is 32.1. The van der Waals surface area contributed by atoms with Gasteiger partial charge in [0.2, 0.25) is 5.13 Å². The molecule has 0 aliphatic carbocycles. The van der Waals surface area contributed by atoms with E-state index in [-0.39, 0.29) is 5.91 Å². The lowest BCUT2D eigenvalue weighted by atomic mass is 10.1. The Morgan fingerprint density at radius 3 is 3.03 bits per heavy atom. The van der Waals surface area contributed by atoms with Crippen LogP contribution in [-0.4, -0.2) is 22.1 Å². The van der Waals surface area contributed by atoms with Crippen molar-refractivity contribution in [2.45, 2.75) is 25.9 Å². The van der Waals surface area contributed by atoms with Crippen LogP contribution >= 0.6 is 22.7 Å². The van der Waals surface area contributed by atoms with Crippen LogP contribution in [-0.2, 0) is 13.0 Å². The second kappa shape index (κ2) is 7.46. The van der Waals surface area contributed by atoms with Gasteiger partial charge in [-0.15, -0.1) is 10.2 Å². The van der Waals surface area contributed by atoms with Crippen LogP contribution < -0.4 is 10.2 Å². The standard InChI is InChI=1S/C21H18N4O2S2/c1-13-10-14-4-2-3-5-17(14)25(13)11-18-16(6-8-27-18)19(26)22-21-24-23-20(29-21)15-7-9-28-12-15/h2-9,12-13H,10-11H2,1H3,(H,22,24,26). The number of aromatic nitrogens is 2. The molecule has 29 heavy (non-hydrogen) atoms. The van der Waals surface area contributed by atoms with Gasteiger partial charge in [-0.1, -0.05) is 29.5 Å². The fourth-order valence-electron chi connectivity index (χ4n) is 3.63. The van der Waals surface area contributed by atoms with E-state index < -0.39 is 0 Å². The molecule has 1 amide bonds. The first kappa shape index (κ1) is 18.1. The smallest absolute Gasteiger partial charge is 0.261 e. The van der Waals surface area contributed by atoms with Crippen LogP contribution in [0.25, 0.3) is 10.6 Å². The molecule has 1 aliphatic rings. The summed E-state index contributed by atoms with van der Waals surface area (Å²) in [6.07, 6.45) is 2.56. The minimum Gasteiger partial charge on any atom is -0.467 e. The normalized spacial score (nSPS) is 15.5. The highest BCUT2D eigenvalue weighted by molar-refractivity contribution is 7.19. The molecule has 3 aromatic heterocycles. The zero-order chi connectivity index (χ0) is 19.8. The minimum absolute atomic E-state index is 0.234. The Hall–Kier alpha value is -2.97. The zero-order valence-corrected chi connectivity index (χ0v) is 17.3. The lowest BCUT2D eigenvalue weighted by Gasteiger charge is -2.24. The molecule has 4 heterocycles. The predicted molar refractivity (Wildman–Crippen MR) is 116 cm³/mol. The predicted octanol–water partition coefficient (Wildman–Crippen LogP) is 5.06. The molecule has 6 nitrogen and oxygen atoms in total. The average molecular weight is 423 g/mol. The van der Waals surface area contributed by atoms with Crippen molar-refractivity contribution in [3.63, 3.8) is 0 Å². The largest absolute Gasteiger partial charge is 0.467 e. The summed E-state index contributed by atoms with van der Waals surface area (Å²) in [4.78, 5) is 15.1. The lowest BCUT2D eigenvalue weighted by molar-refractivity contribution is 0.102. The second-order valence-corrected chi connectivity index (χ2v) is 8.70. The van der Waals surface area contributed by atoms with Gasteiger partial charge < -0.3 is 9.32 Å². The molecule has 0 radical (unpaired) electrons. The van der Waals surface area contributed by atoms with Crippen molar-refractivity contribution in [3.05, 3.63) is 70.3 Å². The van der Waals surface area contributed by atoms with Crippen molar-refractivity contribution in [2.75, 3.05) is 10.2 Å². The molecule has 5 rings (SSSR count). The Kier molecular flexibility index (Phi) is 4.65. The number of thiophene rings is 1. The Labute approximate surface area is 175 Å². The second-order valence-electron chi connectivity index (χ2n) is 6.95. The number of hydrogen-bond acceptors (Lipinski definition) is 7. The first-order valence-electron chi connectivity index (χ1n) is 9.27. The topological polar surface area (TPSA) is 71.3 Å². The molecule has 0 spiro atoms. The van der Waals surface area contributed by atoms with E-state index in [1.165, 1.54) is 22.6 Å². The molecule has 0 fully saturated rings. The van der Waals surface area contributed by atoms with Crippen molar-refractivity contribution < 1.29 is 9.21 Å². The number of nitrogens with one attached hydrogen (secondary N) is 1. The molecular formula is C21H18N4O2S2. The number of carbonyl (C=O) groups is 1. The molecule has 1 N–H and O–H groups in total. The Balaban J connectivity index is 1.33. The molecular weight excluding hydrogens is 404 g/mol. The van der Waals surface area contributed by atoms with Crippen LogP contribution in [0, 0.1) is 0 Å². The van der Waals surface area contributed by atoms with Gasteiger partial charge in [0, 0.05) is 22.7 Å². The van der Waals surface area contributed by atoms with E-state index in [9.17, 15) is 4.79 Å². The number of furan rings is 1. The van der Waals surface area contributed by atoms with Crippen molar-refractivity contribution in [1.82, 2.24) is 10.2 Å². The fourth-order valence-corrected chi connectivity index (χ4v) is 5.08. The number of amides is 1. The summed E-state index contributed by atoms with van der Waals surface area (Å²) in [7, 11) is 0. The Bertz CT molecular complexity index is 1150. The summed E-state index contributed by atoms with van der Waals surface area (Å²) in [6.45, 7) is 2.74. The van der Waals surface area contributed by atoms with E-state index in [2.05, 4.69) is 45.5 Å². The first-order valence-corrected chi connectivity index (χ1v) is 11.0. The lowest BCUT2D eigenvalue weighted by Crippen LogP contribution is -2.29. The average Bonchev–Trinajstić information content (AvgIpc) is 3.50. The van der Waals surface area contributed by atoms with Gasteiger partial charge in [0.1, 0.15) is 10.8 Å². The molecule has 1 unspecified atom stereocenters. The number of rotatable bonds is 5. The summed E-state index contributed by atoms with van der Waals surface area (Å²) >= 11 is 2.96. The molecule has 4 aromatic rings.